The molecule has 3 heterocycles. The highest BCUT2D eigenvalue weighted by atomic mass is 32.1. The highest BCUT2D eigenvalue weighted by Gasteiger charge is 2.44. The smallest absolute Gasteiger partial charge is 0.174 e. The Hall–Kier alpha value is -3.64. The molecule has 33 heavy (non-hydrogen) atoms. The summed E-state index contributed by atoms with van der Waals surface area (Å²) in [5, 5.41) is 14.8. The number of thiocarbonyl (C=S) groups is 1. The number of rotatable bonds is 4. The summed E-state index contributed by atoms with van der Waals surface area (Å²) < 4.78 is 2.30. The van der Waals surface area contributed by atoms with Crippen LogP contribution < -0.4 is 10.2 Å². The van der Waals surface area contributed by atoms with E-state index in [9.17, 15) is 5.11 Å². The van der Waals surface area contributed by atoms with Gasteiger partial charge in [-0.05, 0) is 75.0 Å². The Morgan fingerprint density at radius 3 is 2.27 bits per heavy atom. The number of aromatic nitrogens is 2. The molecule has 0 saturated carbocycles. The van der Waals surface area contributed by atoms with Crippen molar-refractivity contribution in [2.45, 2.75) is 32.9 Å². The number of phenolic OH excluding ortho intramolecular Hbond substituents is 1. The number of phenols is 1. The summed E-state index contributed by atoms with van der Waals surface area (Å²) in [5.41, 5.74) is 7.43. The maximum atomic E-state index is 10.7. The zero-order valence-electron chi connectivity index (χ0n) is 18.9. The van der Waals surface area contributed by atoms with E-state index in [4.69, 9.17) is 12.2 Å². The quantitative estimate of drug-likeness (QED) is 0.389. The van der Waals surface area contributed by atoms with Crippen LogP contribution in [0.2, 0.25) is 0 Å². The molecule has 2 aromatic heterocycles. The van der Waals surface area contributed by atoms with Gasteiger partial charge in [-0.2, -0.15) is 0 Å². The number of nitrogens with zero attached hydrogens (tertiary/aromatic N) is 3. The average molecular weight is 455 g/mol. The molecule has 0 aliphatic carbocycles. The fraction of sp³-hybridized carbons (Fsp3) is 0.185. The molecular weight excluding hydrogens is 428 g/mol. The van der Waals surface area contributed by atoms with Gasteiger partial charge in [-0.15, -0.1) is 0 Å². The number of nitrogens with one attached hydrogen (secondary N) is 1. The molecule has 1 fully saturated rings. The molecule has 5 nitrogen and oxygen atoms in total. The summed E-state index contributed by atoms with van der Waals surface area (Å²) in [6.07, 6.45) is 1.81. The Morgan fingerprint density at radius 2 is 1.58 bits per heavy atom. The van der Waals surface area contributed by atoms with E-state index in [2.05, 4.69) is 59.9 Å². The molecule has 0 radical (unpaired) electrons. The molecule has 0 unspecified atom stereocenters. The summed E-state index contributed by atoms with van der Waals surface area (Å²) in [6, 6.07) is 23.3. The lowest BCUT2D eigenvalue weighted by molar-refractivity contribution is 0.472. The molecule has 2 N–H and O–H groups in total. The van der Waals surface area contributed by atoms with Gasteiger partial charge < -0.3 is 19.9 Å². The van der Waals surface area contributed by atoms with Crippen molar-refractivity contribution in [3.05, 3.63) is 107 Å². The summed E-state index contributed by atoms with van der Waals surface area (Å²) in [6.45, 7) is 6.47. The van der Waals surface area contributed by atoms with Crippen molar-refractivity contribution in [2.24, 2.45) is 0 Å². The Balaban J connectivity index is 1.75. The van der Waals surface area contributed by atoms with Crippen molar-refractivity contribution in [3.63, 3.8) is 0 Å². The van der Waals surface area contributed by atoms with E-state index in [0.717, 1.165) is 17.1 Å². The van der Waals surface area contributed by atoms with Gasteiger partial charge in [0.15, 0.2) is 5.11 Å². The van der Waals surface area contributed by atoms with Crippen LogP contribution in [0, 0.1) is 20.8 Å². The SMILES string of the molecule is Cc1c([C@@H]2[C@H](c3ccccn3)NC(=S)N2c2ccccc2O)c(C)n(-c2ccccc2)c1C. The van der Waals surface area contributed by atoms with Crippen molar-refractivity contribution in [2.75, 3.05) is 4.90 Å². The Bertz CT molecular complexity index is 1320. The van der Waals surface area contributed by atoms with Crippen LogP contribution in [0.5, 0.6) is 5.75 Å². The predicted octanol–water partition coefficient (Wildman–Crippen LogP) is 5.68. The van der Waals surface area contributed by atoms with Gasteiger partial charge in [0.2, 0.25) is 0 Å². The summed E-state index contributed by atoms with van der Waals surface area (Å²) >= 11 is 5.83. The van der Waals surface area contributed by atoms with E-state index < -0.39 is 0 Å². The third-order valence-electron chi connectivity index (χ3n) is 6.56. The van der Waals surface area contributed by atoms with Crippen LogP contribution >= 0.6 is 12.2 Å². The van der Waals surface area contributed by atoms with Crippen LogP contribution in [-0.2, 0) is 0 Å². The molecule has 2 atom stereocenters. The van der Waals surface area contributed by atoms with Crippen LogP contribution in [-0.4, -0.2) is 19.8 Å². The normalized spacial score (nSPS) is 17.9. The van der Waals surface area contributed by atoms with E-state index in [0.29, 0.717) is 10.8 Å². The maximum Gasteiger partial charge on any atom is 0.174 e. The first-order valence-electron chi connectivity index (χ1n) is 11.0. The lowest BCUT2D eigenvalue weighted by Crippen LogP contribution is -2.29. The number of benzene rings is 2. The van der Waals surface area contributed by atoms with Crippen LogP contribution in [0.3, 0.4) is 0 Å². The Labute approximate surface area is 199 Å². The highest BCUT2D eigenvalue weighted by molar-refractivity contribution is 7.80. The monoisotopic (exact) mass is 454 g/mol. The summed E-state index contributed by atoms with van der Waals surface area (Å²) in [4.78, 5) is 6.69. The lowest BCUT2D eigenvalue weighted by Gasteiger charge is -2.29. The fourth-order valence-electron chi connectivity index (χ4n) is 4.98. The first kappa shape index (κ1) is 21.2. The number of pyridine rings is 1. The standard InChI is InChI=1S/C27H26N4OS/c1-17-18(2)30(20-11-5-4-6-12-20)19(3)24(17)26-25(21-13-9-10-16-28-21)29-27(33)31(26)22-14-7-8-15-23(22)32/h4-16,25-26,32H,1-3H3,(H,29,33)/t25-,26+/m0/s1. The van der Waals surface area contributed by atoms with Crippen LogP contribution in [0.25, 0.3) is 5.69 Å². The fourth-order valence-corrected chi connectivity index (χ4v) is 5.32. The number of anilines is 1. The van der Waals surface area contributed by atoms with E-state index >= 15 is 0 Å². The van der Waals surface area contributed by atoms with Crippen molar-refractivity contribution >= 4 is 23.0 Å². The zero-order chi connectivity index (χ0) is 23.1. The van der Waals surface area contributed by atoms with Gasteiger partial charge in [0.05, 0.1) is 23.5 Å². The van der Waals surface area contributed by atoms with E-state index in [1.807, 2.05) is 47.4 Å². The van der Waals surface area contributed by atoms with E-state index in [1.165, 1.54) is 16.8 Å². The second kappa shape index (κ2) is 8.37. The first-order valence-corrected chi connectivity index (χ1v) is 11.4. The molecule has 166 valence electrons. The number of hydrogen-bond acceptors (Lipinski definition) is 3. The average Bonchev–Trinajstić information content (AvgIpc) is 3.27. The summed E-state index contributed by atoms with van der Waals surface area (Å²) in [5.74, 6) is 0.197. The highest BCUT2D eigenvalue weighted by Crippen LogP contribution is 2.47. The molecule has 1 saturated heterocycles. The molecule has 0 bridgehead atoms. The molecule has 1 aliphatic rings. The van der Waals surface area contributed by atoms with Gasteiger partial charge in [-0.25, -0.2) is 0 Å². The molecule has 1 aliphatic heterocycles. The molecule has 2 aromatic carbocycles. The Morgan fingerprint density at radius 1 is 0.879 bits per heavy atom. The van der Waals surface area contributed by atoms with Gasteiger partial charge in [0, 0.05) is 28.8 Å². The van der Waals surface area contributed by atoms with Gasteiger partial charge in [0.1, 0.15) is 5.75 Å². The van der Waals surface area contributed by atoms with E-state index in [1.54, 1.807) is 12.3 Å². The number of aromatic hydroxyl groups is 1. The first-order chi connectivity index (χ1) is 16.0. The molecule has 0 amide bonds. The minimum atomic E-state index is -0.177. The minimum absolute atomic E-state index is 0.165. The maximum absolute atomic E-state index is 10.7. The second-order valence-corrected chi connectivity index (χ2v) is 8.75. The van der Waals surface area contributed by atoms with E-state index in [-0.39, 0.29) is 17.8 Å². The van der Waals surface area contributed by atoms with Crippen LogP contribution in [0.15, 0.2) is 79.0 Å². The molecule has 6 heteroatoms. The molecule has 5 rings (SSSR count). The largest absolute Gasteiger partial charge is 0.506 e. The topological polar surface area (TPSA) is 53.3 Å². The van der Waals surface area contributed by atoms with Gasteiger partial charge in [0.25, 0.3) is 0 Å². The van der Waals surface area contributed by atoms with Crippen molar-refractivity contribution in [1.29, 1.82) is 0 Å². The number of para-hydroxylation sites is 3. The molecule has 4 aromatic rings. The van der Waals surface area contributed by atoms with Gasteiger partial charge >= 0.3 is 0 Å². The lowest BCUT2D eigenvalue weighted by atomic mass is 9.93. The van der Waals surface area contributed by atoms with Crippen molar-refractivity contribution in [3.8, 4) is 11.4 Å². The third kappa shape index (κ3) is 3.47. The van der Waals surface area contributed by atoms with Gasteiger partial charge in [-0.3, -0.25) is 4.98 Å². The minimum Gasteiger partial charge on any atom is -0.506 e. The van der Waals surface area contributed by atoms with Crippen molar-refractivity contribution in [1.82, 2.24) is 14.9 Å². The Kier molecular flexibility index (Phi) is 5.38. The predicted molar refractivity (Wildman–Crippen MR) is 136 cm³/mol. The van der Waals surface area contributed by atoms with Gasteiger partial charge in [-0.1, -0.05) is 36.4 Å². The zero-order valence-corrected chi connectivity index (χ0v) is 19.7. The number of hydrogen-bond donors (Lipinski definition) is 2. The summed E-state index contributed by atoms with van der Waals surface area (Å²) in [7, 11) is 0. The molecule has 0 spiro atoms. The van der Waals surface area contributed by atoms with Crippen LogP contribution in [0.1, 0.15) is 40.3 Å². The third-order valence-corrected chi connectivity index (χ3v) is 6.87. The van der Waals surface area contributed by atoms with Crippen molar-refractivity contribution < 1.29 is 5.11 Å². The molecular formula is C27H26N4OS. The second-order valence-electron chi connectivity index (χ2n) is 8.37. The van der Waals surface area contributed by atoms with Crippen LogP contribution in [0.4, 0.5) is 5.69 Å².